The quantitative estimate of drug-likeness (QED) is 0.727. The summed E-state index contributed by atoms with van der Waals surface area (Å²) < 4.78 is 5.39. The highest BCUT2D eigenvalue weighted by atomic mass is 35.5. The van der Waals surface area contributed by atoms with Crippen molar-refractivity contribution in [3.8, 4) is 5.75 Å². The van der Waals surface area contributed by atoms with Crippen molar-refractivity contribution in [1.29, 1.82) is 0 Å². The third-order valence-corrected chi connectivity index (χ3v) is 5.91. The van der Waals surface area contributed by atoms with Gasteiger partial charge in [0.05, 0.1) is 12.6 Å². The first-order chi connectivity index (χ1) is 11.7. The average Bonchev–Trinajstić information content (AvgIpc) is 2.66. The van der Waals surface area contributed by atoms with E-state index >= 15 is 0 Å². The standard InChI is InChI=1S/C20H25N3O.3ClH/c1-3-13-12-23-9-7-14(13)10-19(23)20(21)16-6-8-22-18-5-4-15(24-2)11-17(16)18;;;/h3-6,8,11,13-14,19-20H,1,7,9-10,12,21H2,2H3;3*1H/t13-,14-,19?,20+;;;/m0.../s1. The molecule has 3 saturated heterocycles. The molecule has 3 aliphatic rings. The number of nitrogens with two attached hydrogens (primary N) is 1. The van der Waals surface area contributed by atoms with Crippen LogP contribution in [0.3, 0.4) is 0 Å². The smallest absolute Gasteiger partial charge is 0.119 e. The number of pyridine rings is 1. The predicted molar refractivity (Wildman–Crippen MR) is 119 cm³/mol. The number of benzene rings is 1. The summed E-state index contributed by atoms with van der Waals surface area (Å²) in [5.41, 5.74) is 8.91. The highest BCUT2D eigenvalue weighted by Crippen LogP contribution is 2.41. The van der Waals surface area contributed by atoms with Gasteiger partial charge in [0.2, 0.25) is 0 Å². The number of piperidine rings is 3. The fourth-order valence-corrected chi connectivity index (χ4v) is 4.52. The van der Waals surface area contributed by atoms with Crippen LogP contribution in [-0.2, 0) is 0 Å². The minimum Gasteiger partial charge on any atom is -0.497 e. The molecule has 0 amide bonds. The fraction of sp³-hybridized carbons (Fsp3) is 0.450. The van der Waals surface area contributed by atoms with E-state index in [1.165, 1.54) is 12.0 Å². The second kappa shape index (κ2) is 9.94. The molecule has 5 rings (SSSR count). The molecular weight excluding hydrogens is 405 g/mol. The van der Waals surface area contributed by atoms with E-state index in [4.69, 9.17) is 10.5 Å². The number of ether oxygens (including phenoxy) is 1. The Morgan fingerprint density at radius 2 is 2.07 bits per heavy atom. The highest BCUT2D eigenvalue weighted by Gasteiger charge is 2.41. The van der Waals surface area contributed by atoms with Crippen LogP contribution in [0, 0.1) is 11.8 Å². The molecule has 5 atom stereocenters. The molecule has 2 N–H and O–H groups in total. The van der Waals surface area contributed by atoms with Crippen molar-refractivity contribution in [1.82, 2.24) is 9.88 Å². The number of rotatable bonds is 4. The molecule has 1 aromatic heterocycles. The largest absolute Gasteiger partial charge is 0.497 e. The summed E-state index contributed by atoms with van der Waals surface area (Å²) in [7, 11) is 1.69. The third-order valence-electron chi connectivity index (χ3n) is 5.91. The Balaban J connectivity index is 0.00000121. The maximum absolute atomic E-state index is 6.76. The average molecular weight is 433 g/mol. The number of methoxy groups -OCH3 is 1. The van der Waals surface area contributed by atoms with Gasteiger partial charge in [-0.2, -0.15) is 0 Å². The van der Waals surface area contributed by atoms with Gasteiger partial charge in [-0.3, -0.25) is 9.88 Å². The van der Waals surface area contributed by atoms with Crippen LogP contribution in [0.5, 0.6) is 5.75 Å². The van der Waals surface area contributed by atoms with Crippen molar-refractivity contribution in [2.75, 3.05) is 20.2 Å². The number of hydrogen-bond donors (Lipinski definition) is 1. The number of fused-ring (bicyclic) bond motifs is 4. The van der Waals surface area contributed by atoms with E-state index in [1.54, 1.807) is 7.11 Å². The third kappa shape index (κ3) is 4.36. The summed E-state index contributed by atoms with van der Waals surface area (Å²) in [4.78, 5) is 7.04. The lowest BCUT2D eigenvalue weighted by molar-refractivity contribution is 0.00749. The van der Waals surface area contributed by atoms with E-state index in [1.807, 2.05) is 18.3 Å². The number of aromatic nitrogens is 1. The van der Waals surface area contributed by atoms with Gasteiger partial charge in [0.25, 0.3) is 0 Å². The molecule has 27 heavy (non-hydrogen) atoms. The van der Waals surface area contributed by atoms with Crippen molar-refractivity contribution in [2.24, 2.45) is 17.6 Å². The van der Waals surface area contributed by atoms with Gasteiger partial charge in [-0.05, 0) is 61.1 Å². The molecule has 0 radical (unpaired) electrons. The topological polar surface area (TPSA) is 51.4 Å². The van der Waals surface area contributed by atoms with Gasteiger partial charge in [-0.1, -0.05) is 6.08 Å². The SMILES string of the molecule is C=C[C@H]1CN2CC[C@H]1CC2[C@H](N)c1ccnc2ccc(OC)cc12.Cl.Cl.Cl. The summed E-state index contributed by atoms with van der Waals surface area (Å²) in [6.45, 7) is 6.26. The normalized spacial score (nSPS) is 26.9. The minimum atomic E-state index is -0.00354. The molecule has 1 aromatic carbocycles. The molecule has 2 bridgehead atoms. The Labute approximate surface area is 179 Å². The molecule has 4 nitrogen and oxygen atoms in total. The second-order valence-corrected chi connectivity index (χ2v) is 7.06. The molecule has 0 spiro atoms. The summed E-state index contributed by atoms with van der Waals surface area (Å²) in [5.74, 6) is 2.20. The Morgan fingerprint density at radius 3 is 2.70 bits per heavy atom. The first-order valence-corrected chi connectivity index (χ1v) is 8.76. The van der Waals surface area contributed by atoms with Crippen LogP contribution in [-0.4, -0.2) is 36.1 Å². The molecule has 3 aliphatic heterocycles. The zero-order valence-electron chi connectivity index (χ0n) is 15.4. The van der Waals surface area contributed by atoms with Crippen molar-refractivity contribution in [3.05, 3.63) is 48.7 Å². The number of hydrogen-bond acceptors (Lipinski definition) is 4. The van der Waals surface area contributed by atoms with E-state index in [-0.39, 0.29) is 43.3 Å². The lowest BCUT2D eigenvalue weighted by Gasteiger charge is -2.51. The minimum absolute atomic E-state index is 0. The van der Waals surface area contributed by atoms with Gasteiger partial charge in [-0.15, -0.1) is 43.8 Å². The maximum Gasteiger partial charge on any atom is 0.119 e. The van der Waals surface area contributed by atoms with E-state index < -0.39 is 0 Å². The Hall–Kier alpha value is -1.04. The van der Waals surface area contributed by atoms with Crippen molar-refractivity contribution < 1.29 is 4.74 Å². The first-order valence-electron chi connectivity index (χ1n) is 8.76. The van der Waals surface area contributed by atoms with Gasteiger partial charge in [0.1, 0.15) is 5.75 Å². The number of nitrogens with zero attached hydrogens (tertiary/aromatic N) is 2. The molecule has 150 valence electrons. The van der Waals surface area contributed by atoms with Crippen LogP contribution in [0.4, 0.5) is 0 Å². The summed E-state index contributed by atoms with van der Waals surface area (Å²) in [6.07, 6.45) is 6.43. The van der Waals surface area contributed by atoms with Gasteiger partial charge in [0.15, 0.2) is 0 Å². The first kappa shape index (κ1) is 24.0. The van der Waals surface area contributed by atoms with Gasteiger partial charge in [0, 0.05) is 30.2 Å². The fourth-order valence-electron chi connectivity index (χ4n) is 4.52. The van der Waals surface area contributed by atoms with E-state index in [2.05, 4.69) is 34.7 Å². The zero-order chi connectivity index (χ0) is 16.7. The van der Waals surface area contributed by atoms with E-state index in [9.17, 15) is 0 Å². The van der Waals surface area contributed by atoms with Gasteiger partial charge in [-0.25, -0.2) is 0 Å². The van der Waals surface area contributed by atoms with Crippen LogP contribution < -0.4 is 10.5 Å². The zero-order valence-corrected chi connectivity index (χ0v) is 17.9. The van der Waals surface area contributed by atoms with E-state index in [0.29, 0.717) is 12.0 Å². The molecule has 4 heterocycles. The van der Waals surface area contributed by atoms with Crippen molar-refractivity contribution in [2.45, 2.75) is 24.9 Å². The van der Waals surface area contributed by atoms with Crippen LogP contribution >= 0.6 is 37.2 Å². The molecule has 2 unspecified atom stereocenters. The monoisotopic (exact) mass is 431 g/mol. The molecule has 0 saturated carbocycles. The summed E-state index contributed by atoms with van der Waals surface area (Å²) >= 11 is 0. The van der Waals surface area contributed by atoms with Crippen LogP contribution in [0.15, 0.2) is 43.1 Å². The number of halogens is 3. The van der Waals surface area contributed by atoms with Crippen LogP contribution in [0.1, 0.15) is 24.4 Å². The Kier molecular flexibility index (Phi) is 8.84. The molecule has 2 aromatic rings. The van der Waals surface area contributed by atoms with Crippen LogP contribution in [0.25, 0.3) is 10.9 Å². The Morgan fingerprint density at radius 1 is 1.30 bits per heavy atom. The van der Waals surface area contributed by atoms with Gasteiger partial charge >= 0.3 is 0 Å². The molecule has 0 aliphatic carbocycles. The predicted octanol–water partition coefficient (Wildman–Crippen LogP) is 4.41. The molecule has 3 fully saturated rings. The highest BCUT2D eigenvalue weighted by molar-refractivity contribution is 5.86. The van der Waals surface area contributed by atoms with Crippen LogP contribution in [0.2, 0.25) is 0 Å². The second-order valence-electron chi connectivity index (χ2n) is 7.06. The van der Waals surface area contributed by atoms with Crippen molar-refractivity contribution >= 4 is 48.1 Å². The lowest BCUT2D eigenvalue weighted by Crippen LogP contribution is -2.56. The summed E-state index contributed by atoms with van der Waals surface area (Å²) in [5, 5.41) is 1.10. The van der Waals surface area contributed by atoms with E-state index in [0.717, 1.165) is 42.1 Å². The van der Waals surface area contributed by atoms with Gasteiger partial charge < -0.3 is 10.5 Å². The molecular formula is C20H28Cl3N3O. The summed E-state index contributed by atoms with van der Waals surface area (Å²) in [6, 6.07) is 8.48. The maximum atomic E-state index is 6.76. The lowest BCUT2D eigenvalue weighted by atomic mass is 9.73. The van der Waals surface area contributed by atoms with Crippen molar-refractivity contribution in [3.63, 3.8) is 0 Å². The Bertz CT molecular complexity index is 773. The molecule has 7 heteroatoms.